The van der Waals surface area contributed by atoms with Gasteiger partial charge < -0.3 is 14.4 Å². The summed E-state index contributed by atoms with van der Waals surface area (Å²) in [4.78, 5) is 31.3. The number of piperazine rings is 1. The second-order valence-corrected chi connectivity index (χ2v) is 10.0. The first-order chi connectivity index (χ1) is 13.7. The highest BCUT2D eigenvalue weighted by molar-refractivity contribution is 7.98. The van der Waals surface area contributed by atoms with Gasteiger partial charge in [-0.3, -0.25) is 9.59 Å². The molecule has 7 heteroatoms. The minimum atomic E-state index is 0.142. The molecular formula is C21H25N3O2S2. The van der Waals surface area contributed by atoms with Crippen LogP contribution in [0.1, 0.15) is 40.1 Å². The smallest absolute Gasteiger partial charge is 0.257 e. The third-order valence-corrected chi connectivity index (χ3v) is 8.60. The van der Waals surface area contributed by atoms with E-state index < -0.39 is 0 Å². The summed E-state index contributed by atoms with van der Waals surface area (Å²) in [6.45, 7) is 2.62. The maximum absolute atomic E-state index is 13.5. The van der Waals surface area contributed by atoms with Crippen molar-refractivity contribution < 1.29 is 9.59 Å². The van der Waals surface area contributed by atoms with Crippen molar-refractivity contribution >= 4 is 34.9 Å². The first-order valence-corrected chi connectivity index (χ1v) is 12.1. The summed E-state index contributed by atoms with van der Waals surface area (Å²) in [7, 11) is 0. The van der Waals surface area contributed by atoms with Crippen LogP contribution in [0.2, 0.25) is 0 Å². The molecule has 0 aromatic carbocycles. The molecule has 5 nitrogen and oxygen atoms in total. The van der Waals surface area contributed by atoms with Gasteiger partial charge in [-0.15, -0.1) is 11.3 Å². The molecule has 0 radical (unpaired) electrons. The minimum Gasteiger partial charge on any atom is -0.339 e. The first-order valence-electron chi connectivity index (χ1n) is 10.2. The van der Waals surface area contributed by atoms with Gasteiger partial charge in [0.2, 0.25) is 5.91 Å². The molecule has 0 N–H and O–H groups in total. The lowest BCUT2D eigenvalue weighted by atomic mass is 9.84. The van der Waals surface area contributed by atoms with Gasteiger partial charge >= 0.3 is 0 Å². The van der Waals surface area contributed by atoms with E-state index in [0.717, 1.165) is 41.3 Å². The number of nitrogens with zero attached hydrogens (tertiary/aromatic N) is 3. The molecule has 4 heterocycles. The summed E-state index contributed by atoms with van der Waals surface area (Å²) in [5, 5.41) is 1.05. The summed E-state index contributed by atoms with van der Waals surface area (Å²) in [5.41, 5.74) is 2.15. The van der Waals surface area contributed by atoms with E-state index in [2.05, 4.69) is 4.57 Å². The van der Waals surface area contributed by atoms with E-state index in [1.807, 2.05) is 46.1 Å². The van der Waals surface area contributed by atoms with Crippen LogP contribution in [-0.4, -0.2) is 58.1 Å². The van der Waals surface area contributed by atoms with Crippen LogP contribution in [0.15, 0.2) is 24.5 Å². The predicted octanol–water partition coefficient (Wildman–Crippen LogP) is 3.41. The molecule has 2 amide bonds. The van der Waals surface area contributed by atoms with Crippen molar-refractivity contribution in [2.45, 2.75) is 31.4 Å². The Bertz CT molecular complexity index is 878. The molecule has 28 heavy (non-hydrogen) atoms. The second-order valence-electron chi connectivity index (χ2n) is 7.82. The molecule has 2 aromatic heterocycles. The van der Waals surface area contributed by atoms with E-state index in [-0.39, 0.29) is 11.8 Å². The van der Waals surface area contributed by atoms with Crippen LogP contribution in [0.3, 0.4) is 0 Å². The molecule has 148 valence electrons. The summed E-state index contributed by atoms with van der Waals surface area (Å²) >= 11 is 3.71. The van der Waals surface area contributed by atoms with Crippen molar-refractivity contribution in [1.29, 1.82) is 0 Å². The van der Waals surface area contributed by atoms with E-state index in [4.69, 9.17) is 0 Å². The minimum absolute atomic E-state index is 0.142. The molecule has 2 fully saturated rings. The molecule has 0 bridgehead atoms. The predicted molar refractivity (Wildman–Crippen MR) is 113 cm³/mol. The van der Waals surface area contributed by atoms with Crippen molar-refractivity contribution in [3.8, 4) is 5.00 Å². The van der Waals surface area contributed by atoms with E-state index in [1.165, 1.54) is 16.9 Å². The fourth-order valence-electron chi connectivity index (χ4n) is 4.29. The van der Waals surface area contributed by atoms with Gasteiger partial charge in [0.25, 0.3) is 5.91 Å². The monoisotopic (exact) mass is 415 g/mol. The van der Waals surface area contributed by atoms with Gasteiger partial charge in [-0.2, -0.15) is 11.8 Å². The number of hydrogen-bond donors (Lipinski definition) is 0. The second kappa shape index (κ2) is 7.59. The molecule has 0 unspecified atom stereocenters. The third-order valence-electron chi connectivity index (χ3n) is 6.19. The van der Waals surface area contributed by atoms with Crippen molar-refractivity contribution in [3.05, 3.63) is 40.5 Å². The molecule has 1 saturated heterocycles. The number of aromatic nitrogens is 1. The Kier molecular flexibility index (Phi) is 4.97. The van der Waals surface area contributed by atoms with Gasteiger partial charge in [-0.05, 0) is 42.7 Å². The summed E-state index contributed by atoms with van der Waals surface area (Å²) in [5.74, 6) is 2.77. The molecule has 2 aliphatic heterocycles. The lowest BCUT2D eigenvalue weighted by molar-refractivity contribution is -0.139. The zero-order chi connectivity index (χ0) is 19.1. The van der Waals surface area contributed by atoms with Gasteiger partial charge in [-0.25, -0.2) is 0 Å². The van der Waals surface area contributed by atoms with E-state index >= 15 is 0 Å². The fraction of sp³-hybridized carbons (Fsp3) is 0.524. The lowest BCUT2D eigenvalue weighted by Gasteiger charge is -2.38. The summed E-state index contributed by atoms with van der Waals surface area (Å²) < 4.78 is 2.08. The van der Waals surface area contributed by atoms with Gasteiger partial charge in [0.05, 0.1) is 5.56 Å². The van der Waals surface area contributed by atoms with Crippen LogP contribution in [-0.2, 0) is 17.0 Å². The molecule has 0 spiro atoms. The molecule has 2 aromatic rings. The number of thioether (sulfide) groups is 1. The van der Waals surface area contributed by atoms with Gasteiger partial charge in [-0.1, -0.05) is 6.42 Å². The van der Waals surface area contributed by atoms with Crippen LogP contribution < -0.4 is 0 Å². The number of rotatable bonds is 3. The summed E-state index contributed by atoms with van der Waals surface area (Å²) in [6.07, 6.45) is 8.28. The first kappa shape index (κ1) is 18.3. The maximum atomic E-state index is 13.5. The van der Waals surface area contributed by atoms with Crippen LogP contribution in [0.4, 0.5) is 0 Å². The Morgan fingerprint density at radius 2 is 1.71 bits per heavy atom. The lowest BCUT2D eigenvalue weighted by Crippen LogP contribution is -2.52. The Labute approximate surface area is 173 Å². The number of thiophene rings is 1. The standard InChI is InChI=1S/C21H25N3O2S2/c25-19(15-4-3-5-15)22-9-11-23(12-10-22)20(26)18-16-6-13-27-14-17(16)28-21(18)24-7-1-2-8-24/h1-2,7-8,15H,3-6,9-14H2. The SMILES string of the molecule is O=C(c1c(-n2cccc2)sc2c1CCSC2)N1CCN(C(=O)C2CCC2)CC1. The zero-order valence-corrected chi connectivity index (χ0v) is 17.6. The topological polar surface area (TPSA) is 45.6 Å². The van der Waals surface area contributed by atoms with Crippen LogP contribution >= 0.6 is 23.1 Å². The highest BCUT2D eigenvalue weighted by atomic mass is 32.2. The maximum Gasteiger partial charge on any atom is 0.257 e. The van der Waals surface area contributed by atoms with Gasteiger partial charge in [0, 0.05) is 55.1 Å². The Morgan fingerprint density at radius 3 is 2.39 bits per heavy atom. The Hall–Kier alpha value is -1.73. The molecule has 0 atom stereocenters. The number of carbonyl (C=O) groups excluding carboxylic acids is 2. The van der Waals surface area contributed by atoms with Gasteiger partial charge in [0.1, 0.15) is 5.00 Å². The Morgan fingerprint density at radius 1 is 1.00 bits per heavy atom. The average Bonchev–Trinajstić information content (AvgIpc) is 3.33. The van der Waals surface area contributed by atoms with Crippen LogP contribution in [0.5, 0.6) is 0 Å². The van der Waals surface area contributed by atoms with Crippen molar-refractivity contribution in [1.82, 2.24) is 14.4 Å². The average molecular weight is 416 g/mol. The number of fused-ring (bicyclic) bond motifs is 1. The van der Waals surface area contributed by atoms with Gasteiger partial charge in [0.15, 0.2) is 0 Å². The third kappa shape index (κ3) is 3.18. The van der Waals surface area contributed by atoms with E-state index in [9.17, 15) is 9.59 Å². The quantitative estimate of drug-likeness (QED) is 0.772. The van der Waals surface area contributed by atoms with Crippen molar-refractivity contribution in [2.75, 3.05) is 31.9 Å². The zero-order valence-electron chi connectivity index (χ0n) is 15.9. The molecule has 5 rings (SSSR count). The highest BCUT2D eigenvalue weighted by Crippen LogP contribution is 2.39. The number of carbonyl (C=O) groups is 2. The highest BCUT2D eigenvalue weighted by Gasteiger charge is 2.34. The Balaban J connectivity index is 1.37. The fourth-order valence-corrected chi connectivity index (χ4v) is 6.73. The molecule has 3 aliphatic rings. The molecule has 1 aliphatic carbocycles. The van der Waals surface area contributed by atoms with Crippen molar-refractivity contribution in [2.24, 2.45) is 5.92 Å². The molecular weight excluding hydrogens is 390 g/mol. The number of hydrogen-bond acceptors (Lipinski definition) is 4. The normalized spacial score (nSPS) is 20.0. The largest absolute Gasteiger partial charge is 0.339 e. The van der Waals surface area contributed by atoms with E-state index in [0.29, 0.717) is 32.1 Å². The van der Waals surface area contributed by atoms with Crippen molar-refractivity contribution in [3.63, 3.8) is 0 Å². The summed E-state index contributed by atoms with van der Waals surface area (Å²) in [6, 6.07) is 4.01. The van der Waals surface area contributed by atoms with Crippen LogP contribution in [0, 0.1) is 5.92 Å². The number of amides is 2. The molecule has 1 saturated carbocycles. The van der Waals surface area contributed by atoms with E-state index in [1.54, 1.807) is 11.3 Å². The van der Waals surface area contributed by atoms with Crippen LogP contribution in [0.25, 0.3) is 5.00 Å².